The van der Waals surface area contributed by atoms with Crippen LogP contribution >= 0.6 is 0 Å². The molecule has 0 radical (unpaired) electrons. The number of carbonyl (C=O) groups excluding carboxylic acids is 1. The molecule has 2 aliphatic rings. The second-order valence-corrected chi connectivity index (χ2v) is 5.61. The van der Waals surface area contributed by atoms with Gasteiger partial charge in [-0.15, -0.1) is 0 Å². The van der Waals surface area contributed by atoms with E-state index in [-0.39, 0.29) is 11.3 Å². The van der Waals surface area contributed by atoms with Crippen LogP contribution in [-0.4, -0.2) is 42.6 Å². The summed E-state index contributed by atoms with van der Waals surface area (Å²) in [6, 6.07) is 1.95. The van der Waals surface area contributed by atoms with Crippen LogP contribution in [-0.2, 0) is 16.1 Å². The molecular weight excluding hydrogens is 256 g/mol. The Morgan fingerprint density at radius 2 is 2.35 bits per heavy atom. The first-order chi connectivity index (χ1) is 9.73. The summed E-state index contributed by atoms with van der Waals surface area (Å²) >= 11 is 0. The minimum Gasteiger partial charge on any atom is -0.378 e. The summed E-state index contributed by atoms with van der Waals surface area (Å²) < 4.78 is 5.10. The van der Waals surface area contributed by atoms with Crippen molar-refractivity contribution in [3.8, 4) is 0 Å². The molecule has 2 fully saturated rings. The number of carbonyl (C=O) groups is 1. The lowest BCUT2D eigenvalue weighted by Gasteiger charge is -2.32. The molecule has 3 heterocycles. The predicted octanol–water partition coefficient (Wildman–Crippen LogP) is 0.729. The van der Waals surface area contributed by atoms with E-state index in [1.165, 1.54) is 0 Å². The number of methoxy groups -OCH3 is 1. The van der Waals surface area contributed by atoms with Gasteiger partial charge in [0, 0.05) is 32.8 Å². The third kappa shape index (κ3) is 2.35. The molecule has 108 valence electrons. The molecular formula is C14H20N4O2. The van der Waals surface area contributed by atoms with Gasteiger partial charge in [-0.05, 0) is 19.3 Å². The molecule has 1 aromatic rings. The lowest BCUT2D eigenvalue weighted by Crippen LogP contribution is -2.47. The van der Waals surface area contributed by atoms with Crippen molar-refractivity contribution >= 4 is 11.7 Å². The molecule has 0 aliphatic carbocycles. The van der Waals surface area contributed by atoms with Gasteiger partial charge in [0.2, 0.25) is 5.91 Å². The fourth-order valence-corrected chi connectivity index (χ4v) is 3.17. The maximum Gasteiger partial charge on any atom is 0.228 e. The lowest BCUT2D eigenvalue weighted by atomic mass is 9.79. The monoisotopic (exact) mass is 276 g/mol. The largest absolute Gasteiger partial charge is 0.378 e. The molecule has 1 unspecified atom stereocenters. The highest BCUT2D eigenvalue weighted by Gasteiger charge is 2.45. The maximum atomic E-state index is 12.2. The molecule has 0 bridgehead atoms. The van der Waals surface area contributed by atoms with E-state index in [0.29, 0.717) is 6.61 Å². The number of nitrogens with zero attached hydrogens (tertiary/aromatic N) is 3. The Labute approximate surface area is 118 Å². The van der Waals surface area contributed by atoms with Crippen molar-refractivity contribution in [1.82, 2.24) is 15.3 Å². The molecule has 1 atom stereocenters. The average Bonchev–Trinajstić information content (AvgIpc) is 2.89. The second kappa shape index (κ2) is 5.36. The minimum absolute atomic E-state index is 0.206. The molecule has 2 aliphatic heterocycles. The van der Waals surface area contributed by atoms with E-state index in [2.05, 4.69) is 20.2 Å². The third-order valence-electron chi connectivity index (χ3n) is 4.28. The molecule has 1 N–H and O–H groups in total. The van der Waals surface area contributed by atoms with E-state index in [1.807, 2.05) is 6.07 Å². The zero-order valence-electron chi connectivity index (χ0n) is 11.8. The minimum atomic E-state index is -0.218. The van der Waals surface area contributed by atoms with Gasteiger partial charge in [-0.2, -0.15) is 0 Å². The quantitative estimate of drug-likeness (QED) is 0.881. The fourth-order valence-electron chi connectivity index (χ4n) is 3.17. The van der Waals surface area contributed by atoms with Crippen molar-refractivity contribution in [2.24, 2.45) is 5.41 Å². The van der Waals surface area contributed by atoms with Gasteiger partial charge < -0.3 is 15.0 Å². The highest BCUT2D eigenvalue weighted by atomic mass is 16.5. The van der Waals surface area contributed by atoms with Crippen LogP contribution in [0.2, 0.25) is 0 Å². The summed E-state index contributed by atoms with van der Waals surface area (Å²) in [4.78, 5) is 22.9. The van der Waals surface area contributed by atoms with E-state index < -0.39 is 0 Å². The normalized spacial score (nSPS) is 26.1. The van der Waals surface area contributed by atoms with E-state index in [1.54, 1.807) is 13.4 Å². The van der Waals surface area contributed by atoms with Crippen molar-refractivity contribution in [3.63, 3.8) is 0 Å². The number of hydrogen-bond acceptors (Lipinski definition) is 5. The van der Waals surface area contributed by atoms with Crippen LogP contribution in [0.4, 0.5) is 5.82 Å². The lowest BCUT2D eigenvalue weighted by molar-refractivity contribution is -0.132. The Kier molecular flexibility index (Phi) is 3.56. The van der Waals surface area contributed by atoms with Crippen LogP contribution in [0.5, 0.6) is 0 Å². The van der Waals surface area contributed by atoms with E-state index in [9.17, 15) is 4.79 Å². The Balaban J connectivity index is 1.76. The molecule has 0 aromatic carbocycles. The van der Waals surface area contributed by atoms with Crippen LogP contribution in [0, 0.1) is 5.41 Å². The van der Waals surface area contributed by atoms with Crippen molar-refractivity contribution < 1.29 is 9.53 Å². The first kappa shape index (κ1) is 13.3. The Hall–Kier alpha value is -1.69. The third-order valence-corrected chi connectivity index (χ3v) is 4.28. The zero-order valence-corrected chi connectivity index (χ0v) is 11.8. The maximum absolute atomic E-state index is 12.2. The molecule has 1 amide bonds. The number of rotatable bonds is 3. The summed E-state index contributed by atoms with van der Waals surface area (Å²) in [7, 11) is 1.65. The highest BCUT2D eigenvalue weighted by molar-refractivity contribution is 5.84. The van der Waals surface area contributed by atoms with Crippen LogP contribution in [0.3, 0.4) is 0 Å². The Morgan fingerprint density at radius 3 is 3.15 bits per heavy atom. The van der Waals surface area contributed by atoms with Crippen molar-refractivity contribution in [2.45, 2.75) is 25.9 Å². The van der Waals surface area contributed by atoms with Gasteiger partial charge in [0.15, 0.2) is 0 Å². The van der Waals surface area contributed by atoms with E-state index in [0.717, 1.165) is 50.4 Å². The summed E-state index contributed by atoms with van der Waals surface area (Å²) in [6.07, 6.45) is 4.52. The number of anilines is 1. The van der Waals surface area contributed by atoms with Crippen molar-refractivity contribution in [2.75, 3.05) is 31.6 Å². The SMILES string of the molecule is COCc1cc(N2CCC3(CCCNC3=O)C2)ncn1. The van der Waals surface area contributed by atoms with Gasteiger partial charge in [-0.3, -0.25) is 4.79 Å². The molecule has 2 saturated heterocycles. The molecule has 6 heteroatoms. The zero-order chi connectivity index (χ0) is 14.0. The number of hydrogen-bond donors (Lipinski definition) is 1. The number of nitrogens with one attached hydrogen (secondary N) is 1. The smallest absolute Gasteiger partial charge is 0.228 e. The van der Waals surface area contributed by atoms with Gasteiger partial charge in [0.05, 0.1) is 17.7 Å². The standard InChI is InChI=1S/C14H20N4O2/c1-20-8-11-7-12(17-10-16-11)18-6-4-14(9-18)3-2-5-15-13(14)19/h7,10H,2-6,8-9H2,1H3,(H,15,19). The van der Waals surface area contributed by atoms with Crippen molar-refractivity contribution in [1.29, 1.82) is 0 Å². The van der Waals surface area contributed by atoms with Gasteiger partial charge in [-0.25, -0.2) is 9.97 Å². The van der Waals surface area contributed by atoms with E-state index in [4.69, 9.17) is 4.74 Å². The Morgan fingerprint density at radius 1 is 1.45 bits per heavy atom. The van der Waals surface area contributed by atoms with Crippen LogP contribution < -0.4 is 10.2 Å². The van der Waals surface area contributed by atoms with Crippen molar-refractivity contribution in [3.05, 3.63) is 18.1 Å². The second-order valence-electron chi connectivity index (χ2n) is 5.61. The summed E-state index contributed by atoms with van der Waals surface area (Å²) in [6.45, 7) is 2.92. The van der Waals surface area contributed by atoms with Crippen LogP contribution in [0.25, 0.3) is 0 Å². The number of ether oxygens (including phenoxy) is 1. The van der Waals surface area contributed by atoms with Crippen LogP contribution in [0.1, 0.15) is 25.0 Å². The van der Waals surface area contributed by atoms with Gasteiger partial charge in [0.25, 0.3) is 0 Å². The van der Waals surface area contributed by atoms with E-state index >= 15 is 0 Å². The molecule has 1 spiro atoms. The van der Waals surface area contributed by atoms with Crippen LogP contribution in [0.15, 0.2) is 12.4 Å². The summed E-state index contributed by atoms with van der Waals surface area (Å²) in [5.41, 5.74) is 0.650. The number of piperidine rings is 1. The van der Waals surface area contributed by atoms with Gasteiger partial charge in [-0.1, -0.05) is 0 Å². The highest BCUT2D eigenvalue weighted by Crippen LogP contribution is 2.38. The average molecular weight is 276 g/mol. The summed E-state index contributed by atoms with van der Waals surface area (Å²) in [5.74, 6) is 1.10. The van der Waals surface area contributed by atoms with Gasteiger partial charge in [0.1, 0.15) is 12.1 Å². The first-order valence-electron chi connectivity index (χ1n) is 7.07. The summed E-state index contributed by atoms with van der Waals surface area (Å²) in [5, 5.41) is 3.00. The predicted molar refractivity (Wildman–Crippen MR) is 74.3 cm³/mol. The van der Waals surface area contributed by atoms with Gasteiger partial charge >= 0.3 is 0 Å². The topological polar surface area (TPSA) is 67.3 Å². The molecule has 6 nitrogen and oxygen atoms in total. The molecule has 1 aromatic heterocycles. The number of amides is 1. The Bertz CT molecular complexity index is 508. The molecule has 3 rings (SSSR count). The molecule has 0 saturated carbocycles. The fraction of sp³-hybridized carbons (Fsp3) is 0.643. The first-order valence-corrected chi connectivity index (χ1v) is 7.07. The number of aromatic nitrogens is 2. The molecule has 20 heavy (non-hydrogen) atoms.